The molecule has 0 aliphatic rings. The number of methoxy groups -OCH3 is 1. The highest BCUT2D eigenvalue weighted by Gasteiger charge is 2.18. The largest absolute Gasteiger partial charge is 0.497 e. The number of amides is 2. The molecular formula is C24H25N3O3S. The number of carbonyl (C=O) groups is 2. The Balaban J connectivity index is 1.53. The van der Waals surface area contributed by atoms with Gasteiger partial charge in [-0.05, 0) is 30.7 Å². The molecule has 2 amide bonds. The fourth-order valence-electron chi connectivity index (χ4n) is 2.97. The zero-order valence-electron chi connectivity index (χ0n) is 17.4. The molecule has 160 valence electrons. The predicted molar refractivity (Wildman–Crippen MR) is 125 cm³/mol. The van der Waals surface area contributed by atoms with E-state index in [9.17, 15) is 9.59 Å². The molecule has 0 fully saturated rings. The minimum Gasteiger partial charge on any atom is -0.497 e. The summed E-state index contributed by atoms with van der Waals surface area (Å²) in [6.07, 6.45) is 2.52. The van der Waals surface area contributed by atoms with E-state index >= 15 is 0 Å². The minimum atomic E-state index is -0.175. The Morgan fingerprint density at radius 1 is 1.16 bits per heavy atom. The lowest BCUT2D eigenvalue weighted by molar-refractivity contribution is -0.118. The Hall–Kier alpha value is -3.45. The van der Waals surface area contributed by atoms with E-state index in [4.69, 9.17) is 4.74 Å². The molecule has 2 aromatic carbocycles. The molecule has 1 aromatic heterocycles. The van der Waals surface area contributed by atoms with E-state index in [2.05, 4.69) is 16.9 Å². The van der Waals surface area contributed by atoms with Gasteiger partial charge in [0.05, 0.1) is 12.8 Å². The van der Waals surface area contributed by atoms with Crippen LogP contribution < -0.4 is 15.0 Å². The van der Waals surface area contributed by atoms with Gasteiger partial charge < -0.3 is 10.1 Å². The highest BCUT2D eigenvalue weighted by atomic mass is 32.1. The minimum absolute atomic E-state index is 0.0486. The van der Waals surface area contributed by atoms with Crippen LogP contribution >= 0.6 is 11.3 Å². The van der Waals surface area contributed by atoms with E-state index in [0.29, 0.717) is 42.4 Å². The monoisotopic (exact) mass is 435 g/mol. The van der Waals surface area contributed by atoms with Gasteiger partial charge in [-0.1, -0.05) is 36.4 Å². The maximum atomic E-state index is 12.8. The van der Waals surface area contributed by atoms with Crippen molar-refractivity contribution in [2.24, 2.45) is 0 Å². The molecule has 6 nitrogen and oxygen atoms in total. The average molecular weight is 436 g/mol. The van der Waals surface area contributed by atoms with Crippen LogP contribution in [0.3, 0.4) is 0 Å². The first-order valence-corrected chi connectivity index (χ1v) is 10.8. The lowest BCUT2D eigenvalue weighted by Gasteiger charge is -2.18. The normalized spacial score (nSPS) is 10.4. The molecule has 0 aliphatic carbocycles. The molecule has 31 heavy (non-hydrogen) atoms. The van der Waals surface area contributed by atoms with Crippen molar-refractivity contribution in [3.63, 3.8) is 0 Å². The SMILES string of the molecule is C=CCN(C(=O)CCCNC(=O)c1ccc(OC)cc1)c1nc(-c2ccccc2)cs1. The van der Waals surface area contributed by atoms with Crippen molar-refractivity contribution < 1.29 is 14.3 Å². The van der Waals surface area contributed by atoms with Crippen LogP contribution in [0.15, 0.2) is 72.6 Å². The lowest BCUT2D eigenvalue weighted by atomic mass is 10.2. The van der Waals surface area contributed by atoms with Gasteiger partial charge in [-0.3, -0.25) is 14.5 Å². The number of hydrogen-bond donors (Lipinski definition) is 1. The van der Waals surface area contributed by atoms with Crippen LogP contribution in [0.5, 0.6) is 5.75 Å². The summed E-state index contributed by atoms with van der Waals surface area (Å²) in [6.45, 7) is 4.55. The fraction of sp³-hybridized carbons (Fsp3) is 0.208. The van der Waals surface area contributed by atoms with E-state index in [1.165, 1.54) is 11.3 Å². The zero-order valence-corrected chi connectivity index (χ0v) is 18.2. The molecule has 0 spiro atoms. The van der Waals surface area contributed by atoms with Gasteiger partial charge in [-0.15, -0.1) is 17.9 Å². The molecule has 0 saturated carbocycles. The first kappa shape index (κ1) is 22.2. The maximum absolute atomic E-state index is 12.8. The molecule has 1 heterocycles. The average Bonchev–Trinajstić information content (AvgIpc) is 3.30. The van der Waals surface area contributed by atoms with Crippen molar-refractivity contribution in [2.45, 2.75) is 12.8 Å². The molecule has 3 aromatic rings. The third-order valence-electron chi connectivity index (χ3n) is 4.61. The summed E-state index contributed by atoms with van der Waals surface area (Å²) in [5, 5.41) is 5.44. The van der Waals surface area contributed by atoms with E-state index in [1.807, 2.05) is 35.7 Å². The van der Waals surface area contributed by atoms with Crippen LogP contribution in [-0.4, -0.2) is 37.0 Å². The Morgan fingerprint density at radius 2 is 1.90 bits per heavy atom. The molecule has 0 bridgehead atoms. The van der Waals surface area contributed by atoms with Crippen molar-refractivity contribution in [3.8, 4) is 17.0 Å². The van der Waals surface area contributed by atoms with Crippen LogP contribution in [0.2, 0.25) is 0 Å². The number of nitrogens with one attached hydrogen (secondary N) is 1. The first-order valence-electron chi connectivity index (χ1n) is 9.97. The second-order valence-corrected chi connectivity index (χ2v) is 7.60. The van der Waals surface area contributed by atoms with E-state index in [0.717, 1.165) is 11.3 Å². The Bertz CT molecular complexity index is 1020. The molecule has 0 radical (unpaired) electrons. The van der Waals surface area contributed by atoms with Gasteiger partial charge in [0.15, 0.2) is 5.13 Å². The number of thiazole rings is 1. The number of nitrogens with zero attached hydrogens (tertiary/aromatic N) is 2. The summed E-state index contributed by atoms with van der Waals surface area (Å²) in [5.41, 5.74) is 2.41. The van der Waals surface area contributed by atoms with Gasteiger partial charge in [0, 0.05) is 36.0 Å². The summed E-state index contributed by atoms with van der Waals surface area (Å²) in [7, 11) is 1.58. The smallest absolute Gasteiger partial charge is 0.251 e. The second kappa shape index (κ2) is 11.1. The van der Waals surface area contributed by atoms with Crippen molar-refractivity contribution in [1.82, 2.24) is 10.3 Å². The maximum Gasteiger partial charge on any atom is 0.251 e. The molecule has 0 unspecified atom stereocenters. The number of carbonyl (C=O) groups excluding carboxylic acids is 2. The van der Waals surface area contributed by atoms with E-state index < -0.39 is 0 Å². The van der Waals surface area contributed by atoms with Crippen LogP contribution in [0.1, 0.15) is 23.2 Å². The second-order valence-electron chi connectivity index (χ2n) is 6.76. The molecule has 0 atom stereocenters. The lowest BCUT2D eigenvalue weighted by Crippen LogP contribution is -2.32. The topological polar surface area (TPSA) is 71.5 Å². The van der Waals surface area contributed by atoms with Crippen LogP contribution in [-0.2, 0) is 4.79 Å². The Labute approximate surface area is 186 Å². The third-order valence-corrected chi connectivity index (χ3v) is 5.47. The highest BCUT2D eigenvalue weighted by Crippen LogP contribution is 2.27. The van der Waals surface area contributed by atoms with Gasteiger partial charge in [0.2, 0.25) is 5.91 Å². The van der Waals surface area contributed by atoms with Crippen LogP contribution in [0.4, 0.5) is 5.13 Å². The van der Waals surface area contributed by atoms with Gasteiger partial charge >= 0.3 is 0 Å². The number of ether oxygens (including phenoxy) is 1. The van der Waals surface area contributed by atoms with E-state index in [1.54, 1.807) is 42.4 Å². The summed E-state index contributed by atoms with van der Waals surface area (Å²) < 4.78 is 5.09. The van der Waals surface area contributed by atoms with Crippen LogP contribution in [0.25, 0.3) is 11.3 Å². The molecule has 0 aliphatic heterocycles. The van der Waals surface area contributed by atoms with Gasteiger partial charge in [0.25, 0.3) is 5.91 Å². The molecule has 7 heteroatoms. The zero-order chi connectivity index (χ0) is 22.1. The molecule has 0 saturated heterocycles. The molecule has 1 N–H and O–H groups in total. The van der Waals surface area contributed by atoms with Crippen molar-refractivity contribution in [1.29, 1.82) is 0 Å². The Kier molecular flexibility index (Phi) is 7.95. The third kappa shape index (κ3) is 6.02. The van der Waals surface area contributed by atoms with Crippen LogP contribution in [0, 0.1) is 0 Å². The van der Waals surface area contributed by atoms with Crippen molar-refractivity contribution in [2.75, 3.05) is 25.1 Å². The van der Waals surface area contributed by atoms with Gasteiger partial charge in [-0.25, -0.2) is 4.98 Å². The summed E-state index contributed by atoms with van der Waals surface area (Å²) >= 11 is 1.43. The van der Waals surface area contributed by atoms with Gasteiger partial charge in [0.1, 0.15) is 5.75 Å². The summed E-state index contributed by atoms with van der Waals surface area (Å²) in [4.78, 5) is 31.3. The number of aromatic nitrogens is 1. The summed E-state index contributed by atoms with van der Waals surface area (Å²) in [5.74, 6) is 0.472. The quantitative estimate of drug-likeness (QED) is 0.375. The number of anilines is 1. The summed E-state index contributed by atoms with van der Waals surface area (Å²) in [6, 6.07) is 16.7. The fourth-order valence-corrected chi connectivity index (χ4v) is 3.83. The number of benzene rings is 2. The first-order chi connectivity index (χ1) is 15.1. The molecular weight excluding hydrogens is 410 g/mol. The Morgan fingerprint density at radius 3 is 2.58 bits per heavy atom. The standard InChI is InChI=1S/C24H25N3O3S/c1-3-16-27(24-26-21(17-31-24)18-8-5-4-6-9-18)22(28)10-7-15-25-23(29)19-11-13-20(30-2)14-12-19/h3-6,8-9,11-14,17H,1,7,10,15-16H2,2H3,(H,25,29). The predicted octanol–water partition coefficient (Wildman–Crippen LogP) is 4.55. The molecule has 3 rings (SSSR count). The van der Waals surface area contributed by atoms with E-state index in [-0.39, 0.29) is 11.8 Å². The van der Waals surface area contributed by atoms with Crippen molar-refractivity contribution >= 4 is 28.3 Å². The number of hydrogen-bond acceptors (Lipinski definition) is 5. The number of rotatable bonds is 10. The highest BCUT2D eigenvalue weighted by molar-refractivity contribution is 7.14. The van der Waals surface area contributed by atoms with Gasteiger partial charge in [-0.2, -0.15) is 0 Å². The van der Waals surface area contributed by atoms with Crippen molar-refractivity contribution in [3.05, 3.63) is 78.2 Å².